The van der Waals surface area contributed by atoms with Crippen LogP contribution in [0.3, 0.4) is 0 Å². The monoisotopic (exact) mass is 366 g/mol. The van der Waals surface area contributed by atoms with E-state index >= 15 is 0 Å². The van der Waals surface area contributed by atoms with Gasteiger partial charge in [-0.15, -0.1) is 13.2 Å². The summed E-state index contributed by atoms with van der Waals surface area (Å²) in [5.74, 6) is 0.990. The summed E-state index contributed by atoms with van der Waals surface area (Å²) in [5, 5.41) is 9.52. The molecular weight excluding hydrogens is 349 g/mol. The van der Waals surface area contributed by atoms with Gasteiger partial charge >= 0.3 is 6.36 Å². The molecule has 0 atom stereocenters. The fourth-order valence-corrected chi connectivity index (χ4v) is 2.78. The molecule has 2 aliphatic carbocycles. The van der Waals surface area contributed by atoms with Crippen molar-refractivity contribution in [3.63, 3.8) is 0 Å². The molecule has 0 aliphatic heterocycles. The van der Waals surface area contributed by atoms with Crippen LogP contribution in [0.5, 0.6) is 5.75 Å². The molecule has 2 saturated carbocycles. The van der Waals surface area contributed by atoms with Crippen LogP contribution >= 0.6 is 0 Å². The zero-order chi connectivity index (χ0) is 18.3. The lowest BCUT2D eigenvalue weighted by Gasteiger charge is -2.12. The second-order valence-electron chi connectivity index (χ2n) is 6.71. The Labute approximate surface area is 147 Å². The van der Waals surface area contributed by atoms with E-state index in [0.29, 0.717) is 17.3 Å². The number of nitrogens with zero attached hydrogens (tertiary/aromatic N) is 2. The number of alkyl halides is 3. The van der Waals surface area contributed by atoms with Crippen molar-refractivity contribution in [2.24, 2.45) is 0 Å². The molecule has 0 bridgehead atoms. The fourth-order valence-electron chi connectivity index (χ4n) is 2.78. The van der Waals surface area contributed by atoms with E-state index in [2.05, 4.69) is 25.2 Å². The van der Waals surface area contributed by atoms with Crippen LogP contribution in [0.15, 0.2) is 18.2 Å². The van der Waals surface area contributed by atoms with Gasteiger partial charge in [0.2, 0.25) is 0 Å². The summed E-state index contributed by atoms with van der Waals surface area (Å²) in [6.07, 6.45) is -0.856. The quantitative estimate of drug-likeness (QED) is 0.821. The Kier molecular flexibility index (Phi) is 4.08. The van der Waals surface area contributed by atoms with E-state index in [1.54, 1.807) is 6.07 Å². The van der Waals surface area contributed by atoms with E-state index in [0.717, 1.165) is 37.6 Å². The van der Waals surface area contributed by atoms with Crippen LogP contribution in [0.1, 0.15) is 65.1 Å². The van der Waals surface area contributed by atoms with E-state index in [-0.39, 0.29) is 23.8 Å². The average molecular weight is 366 g/mol. The highest BCUT2D eigenvalue weighted by Gasteiger charge is 2.33. The van der Waals surface area contributed by atoms with Gasteiger partial charge in [-0.05, 0) is 55.4 Å². The van der Waals surface area contributed by atoms with Gasteiger partial charge in [0.05, 0.1) is 6.54 Å². The van der Waals surface area contributed by atoms with Crippen molar-refractivity contribution < 1.29 is 22.7 Å². The van der Waals surface area contributed by atoms with Gasteiger partial charge < -0.3 is 10.1 Å². The summed E-state index contributed by atoms with van der Waals surface area (Å²) in [6.45, 7) is 0.127. The number of aromatic nitrogens is 3. The molecule has 1 heterocycles. The SMILES string of the molecule is O=C(NCc1nc(C2CC2)n[nH]1)c1cc(OC(F)(F)F)cc(C2CC2)c1. The summed E-state index contributed by atoms with van der Waals surface area (Å²) in [4.78, 5) is 16.7. The summed E-state index contributed by atoms with van der Waals surface area (Å²) >= 11 is 0. The summed E-state index contributed by atoms with van der Waals surface area (Å²) in [7, 11) is 0. The molecule has 0 spiro atoms. The number of carbonyl (C=O) groups is 1. The Bertz CT molecular complexity index is 826. The number of nitrogens with one attached hydrogen (secondary N) is 2. The summed E-state index contributed by atoms with van der Waals surface area (Å²) < 4.78 is 41.6. The maximum absolute atomic E-state index is 12.5. The zero-order valence-corrected chi connectivity index (χ0v) is 13.8. The molecule has 2 aromatic rings. The number of H-pyrrole nitrogens is 1. The molecule has 0 saturated heterocycles. The van der Waals surface area contributed by atoms with Crippen LogP contribution in [0.25, 0.3) is 0 Å². The molecule has 6 nitrogen and oxygen atoms in total. The molecule has 1 aromatic heterocycles. The van der Waals surface area contributed by atoms with Crippen LogP contribution < -0.4 is 10.1 Å². The smallest absolute Gasteiger partial charge is 0.406 e. The van der Waals surface area contributed by atoms with E-state index in [4.69, 9.17) is 0 Å². The number of aromatic amines is 1. The molecule has 9 heteroatoms. The van der Waals surface area contributed by atoms with Crippen molar-refractivity contribution in [1.82, 2.24) is 20.5 Å². The third-order valence-electron chi connectivity index (χ3n) is 4.38. The van der Waals surface area contributed by atoms with Crippen molar-refractivity contribution in [2.75, 3.05) is 0 Å². The minimum atomic E-state index is -4.80. The van der Waals surface area contributed by atoms with Gasteiger partial charge in [0, 0.05) is 11.5 Å². The van der Waals surface area contributed by atoms with E-state index in [9.17, 15) is 18.0 Å². The molecule has 2 N–H and O–H groups in total. The number of halogens is 3. The molecule has 2 fully saturated rings. The predicted molar refractivity (Wildman–Crippen MR) is 84.6 cm³/mol. The number of ether oxygens (including phenoxy) is 1. The maximum atomic E-state index is 12.5. The first kappa shape index (κ1) is 16.9. The lowest BCUT2D eigenvalue weighted by atomic mass is 10.1. The predicted octanol–water partition coefficient (Wildman–Crippen LogP) is 3.39. The normalized spacial score (nSPS) is 17.2. The zero-order valence-electron chi connectivity index (χ0n) is 13.8. The Hall–Kier alpha value is -2.58. The van der Waals surface area contributed by atoms with Crippen LogP contribution in [-0.4, -0.2) is 27.5 Å². The number of carbonyl (C=O) groups excluding carboxylic acids is 1. The van der Waals surface area contributed by atoms with Crippen LogP contribution in [0.2, 0.25) is 0 Å². The first-order valence-corrected chi connectivity index (χ1v) is 8.47. The molecule has 4 rings (SSSR count). The Morgan fingerprint density at radius 3 is 2.58 bits per heavy atom. The van der Waals surface area contributed by atoms with Crippen molar-refractivity contribution in [3.05, 3.63) is 41.0 Å². The maximum Gasteiger partial charge on any atom is 0.573 e. The fraction of sp³-hybridized carbons (Fsp3) is 0.471. The molecule has 0 radical (unpaired) electrons. The molecule has 2 aliphatic rings. The number of rotatable bonds is 6. The van der Waals surface area contributed by atoms with Gasteiger partial charge in [-0.25, -0.2) is 4.98 Å². The van der Waals surface area contributed by atoms with Gasteiger partial charge in [0.25, 0.3) is 5.91 Å². The van der Waals surface area contributed by atoms with E-state index in [1.807, 2.05) is 0 Å². The molecule has 0 unspecified atom stereocenters. The minimum absolute atomic E-state index is 0.127. The third-order valence-corrected chi connectivity index (χ3v) is 4.38. The first-order chi connectivity index (χ1) is 12.4. The van der Waals surface area contributed by atoms with Gasteiger partial charge in [-0.2, -0.15) is 5.10 Å². The Morgan fingerprint density at radius 2 is 1.92 bits per heavy atom. The first-order valence-electron chi connectivity index (χ1n) is 8.47. The molecule has 1 amide bonds. The van der Waals surface area contributed by atoms with Crippen molar-refractivity contribution in [2.45, 2.75) is 50.4 Å². The van der Waals surface area contributed by atoms with Crippen molar-refractivity contribution in [1.29, 1.82) is 0 Å². The minimum Gasteiger partial charge on any atom is -0.406 e. The van der Waals surface area contributed by atoms with Gasteiger partial charge in [-0.1, -0.05) is 0 Å². The standard InChI is InChI=1S/C17H17F3N4O2/c18-17(19,20)26-13-6-11(9-1-2-9)5-12(7-13)16(25)21-8-14-22-15(24-23-14)10-3-4-10/h5-7,9-10H,1-4,8H2,(H,21,25)(H,22,23,24). The van der Waals surface area contributed by atoms with E-state index in [1.165, 1.54) is 6.07 Å². The lowest BCUT2D eigenvalue weighted by molar-refractivity contribution is -0.274. The van der Waals surface area contributed by atoms with E-state index < -0.39 is 12.3 Å². The second-order valence-corrected chi connectivity index (χ2v) is 6.71. The Morgan fingerprint density at radius 1 is 1.19 bits per heavy atom. The van der Waals surface area contributed by atoms with Crippen LogP contribution in [-0.2, 0) is 6.54 Å². The van der Waals surface area contributed by atoms with Crippen molar-refractivity contribution in [3.8, 4) is 5.75 Å². The van der Waals surface area contributed by atoms with Crippen molar-refractivity contribution >= 4 is 5.91 Å². The second kappa shape index (κ2) is 6.30. The molecular formula is C17H17F3N4O2. The number of hydrogen-bond donors (Lipinski definition) is 2. The van der Waals surface area contributed by atoms with Gasteiger partial charge in [0.1, 0.15) is 11.6 Å². The Balaban J connectivity index is 1.46. The molecule has 26 heavy (non-hydrogen) atoms. The third kappa shape index (κ3) is 4.14. The number of hydrogen-bond acceptors (Lipinski definition) is 4. The molecule has 138 valence electrons. The molecule has 1 aromatic carbocycles. The lowest BCUT2D eigenvalue weighted by Crippen LogP contribution is -2.24. The topological polar surface area (TPSA) is 79.9 Å². The highest BCUT2D eigenvalue weighted by molar-refractivity contribution is 5.94. The van der Waals surface area contributed by atoms with Gasteiger partial charge in [-0.3, -0.25) is 9.89 Å². The van der Waals surface area contributed by atoms with Crippen LogP contribution in [0.4, 0.5) is 13.2 Å². The number of benzene rings is 1. The van der Waals surface area contributed by atoms with Gasteiger partial charge in [0.15, 0.2) is 5.82 Å². The summed E-state index contributed by atoms with van der Waals surface area (Å²) in [6, 6.07) is 4.07. The van der Waals surface area contributed by atoms with Crippen LogP contribution in [0, 0.1) is 0 Å². The largest absolute Gasteiger partial charge is 0.573 e. The highest BCUT2D eigenvalue weighted by Crippen LogP contribution is 2.42. The highest BCUT2D eigenvalue weighted by atomic mass is 19.4. The average Bonchev–Trinajstić information content (AvgIpc) is 3.49. The number of amides is 1. The summed E-state index contributed by atoms with van der Waals surface area (Å²) in [5.41, 5.74) is 0.822.